The van der Waals surface area contributed by atoms with Crippen molar-refractivity contribution in [1.82, 2.24) is 0 Å². The fourth-order valence-corrected chi connectivity index (χ4v) is 3.58. The minimum absolute atomic E-state index is 0.0869. The van der Waals surface area contributed by atoms with Gasteiger partial charge in [-0.1, -0.05) is 79.7 Å². The van der Waals surface area contributed by atoms with E-state index in [-0.39, 0.29) is 5.41 Å². The van der Waals surface area contributed by atoms with Gasteiger partial charge in [0, 0.05) is 5.41 Å². The second-order valence-corrected chi connectivity index (χ2v) is 6.79. The maximum absolute atomic E-state index is 2.42. The van der Waals surface area contributed by atoms with E-state index >= 15 is 0 Å². The van der Waals surface area contributed by atoms with Crippen LogP contribution in [0.25, 0.3) is 6.08 Å². The van der Waals surface area contributed by atoms with E-state index < -0.39 is 0 Å². The molecular weight excluding hydrogens is 276 g/mol. The van der Waals surface area contributed by atoms with E-state index in [1.54, 1.807) is 0 Å². The van der Waals surface area contributed by atoms with Crippen LogP contribution in [0.3, 0.4) is 0 Å². The third kappa shape index (κ3) is 3.71. The molecule has 1 aliphatic carbocycles. The minimum atomic E-state index is 0.0869. The van der Waals surface area contributed by atoms with Crippen molar-refractivity contribution < 1.29 is 0 Å². The van der Waals surface area contributed by atoms with Gasteiger partial charge in [-0.25, -0.2) is 0 Å². The average molecular weight is 300 g/mol. The first-order valence-corrected chi connectivity index (χ1v) is 8.26. The van der Waals surface area contributed by atoms with Crippen LogP contribution in [0, 0.1) is 5.41 Å². The summed E-state index contributed by atoms with van der Waals surface area (Å²) in [4.78, 5) is 0. The van der Waals surface area contributed by atoms with Gasteiger partial charge in [0.05, 0.1) is 0 Å². The van der Waals surface area contributed by atoms with Gasteiger partial charge in [0.15, 0.2) is 0 Å². The van der Waals surface area contributed by atoms with Crippen LogP contribution in [0.2, 0.25) is 0 Å². The Hall–Kier alpha value is -2.34. The maximum atomic E-state index is 2.42. The number of benzene rings is 2. The SMILES string of the molecule is CC1=CC(C)(Cc2ccccc2)C=C(C)C1=Cc1ccccc1. The molecule has 2 aromatic carbocycles. The van der Waals surface area contributed by atoms with Crippen LogP contribution in [-0.4, -0.2) is 0 Å². The van der Waals surface area contributed by atoms with Crippen molar-refractivity contribution in [1.29, 1.82) is 0 Å². The van der Waals surface area contributed by atoms with Crippen LogP contribution >= 0.6 is 0 Å². The van der Waals surface area contributed by atoms with Crippen molar-refractivity contribution in [2.45, 2.75) is 27.2 Å². The van der Waals surface area contributed by atoms with Crippen LogP contribution < -0.4 is 0 Å². The fraction of sp³-hybridized carbons (Fsp3) is 0.217. The van der Waals surface area contributed by atoms with Crippen LogP contribution in [0.5, 0.6) is 0 Å². The molecule has 0 nitrogen and oxygen atoms in total. The van der Waals surface area contributed by atoms with Gasteiger partial charge < -0.3 is 0 Å². The molecule has 116 valence electrons. The zero-order valence-corrected chi connectivity index (χ0v) is 14.2. The lowest BCUT2D eigenvalue weighted by atomic mass is 9.74. The molecule has 0 amide bonds. The Labute approximate surface area is 139 Å². The Morgan fingerprint density at radius 2 is 1.30 bits per heavy atom. The third-order valence-electron chi connectivity index (χ3n) is 4.48. The normalized spacial score (nSPS) is 20.7. The highest BCUT2D eigenvalue weighted by Gasteiger charge is 2.25. The van der Waals surface area contributed by atoms with E-state index in [1.807, 2.05) is 0 Å². The summed E-state index contributed by atoms with van der Waals surface area (Å²) in [6.45, 7) is 6.79. The summed E-state index contributed by atoms with van der Waals surface area (Å²) in [5.41, 5.74) is 6.82. The Morgan fingerprint density at radius 1 is 0.783 bits per heavy atom. The van der Waals surface area contributed by atoms with Crippen LogP contribution in [-0.2, 0) is 6.42 Å². The van der Waals surface area contributed by atoms with Gasteiger partial charge in [0.25, 0.3) is 0 Å². The standard InChI is InChI=1S/C23H24/c1-18-15-23(3,17-21-12-8-5-9-13-21)16-19(2)22(18)14-20-10-6-4-7-11-20/h4-16H,17H2,1-3H3. The van der Waals surface area contributed by atoms with E-state index in [1.165, 1.54) is 27.8 Å². The lowest BCUT2D eigenvalue weighted by Gasteiger charge is -2.30. The van der Waals surface area contributed by atoms with Gasteiger partial charge >= 0.3 is 0 Å². The first kappa shape index (κ1) is 15.6. The van der Waals surface area contributed by atoms with Gasteiger partial charge in [0.1, 0.15) is 0 Å². The highest BCUT2D eigenvalue weighted by molar-refractivity contribution is 5.66. The molecule has 0 unspecified atom stereocenters. The van der Waals surface area contributed by atoms with E-state index in [4.69, 9.17) is 0 Å². The molecule has 0 atom stereocenters. The smallest absolute Gasteiger partial charge is 0.00848 e. The predicted octanol–water partition coefficient (Wildman–Crippen LogP) is 6.23. The summed E-state index contributed by atoms with van der Waals surface area (Å²) < 4.78 is 0. The van der Waals surface area contributed by atoms with Gasteiger partial charge in [0.2, 0.25) is 0 Å². The molecule has 0 N–H and O–H groups in total. The summed E-state index contributed by atoms with van der Waals surface area (Å²) in [6.07, 6.45) is 8.17. The first-order valence-electron chi connectivity index (χ1n) is 8.26. The average Bonchev–Trinajstić information content (AvgIpc) is 2.52. The highest BCUT2D eigenvalue weighted by Crippen LogP contribution is 2.38. The van der Waals surface area contributed by atoms with Crippen molar-refractivity contribution >= 4 is 6.08 Å². The molecule has 0 heteroatoms. The molecule has 0 saturated heterocycles. The summed E-state index contributed by atoms with van der Waals surface area (Å²) in [6, 6.07) is 21.3. The van der Waals surface area contributed by atoms with Gasteiger partial charge in [-0.05, 0) is 54.2 Å². The van der Waals surface area contributed by atoms with Crippen molar-refractivity contribution in [2.24, 2.45) is 5.41 Å². The number of hydrogen-bond donors (Lipinski definition) is 0. The van der Waals surface area contributed by atoms with Crippen LogP contribution in [0.4, 0.5) is 0 Å². The Morgan fingerprint density at radius 3 is 1.87 bits per heavy atom. The van der Waals surface area contributed by atoms with Gasteiger partial charge in [-0.15, -0.1) is 0 Å². The van der Waals surface area contributed by atoms with Crippen molar-refractivity contribution in [2.75, 3.05) is 0 Å². The summed E-state index contributed by atoms with van der Waals surface area (Å²) in [7, 11) is 0. The van der Waals surface area contributed by atoms with Crippen molar-refractivity contribution in [3.8, 4) is 0 Å². The molecule has 0 bridgehead atoms. The van der Waals surface area contributed by atoms with Crippen LogP contribution in [0.1, 0.15) is 31.9 Å². The lowest BCUT2D eigenvalue weighted by Crippen LogP contribution is -2.19. The van der Waals surface area contributed by atoms with Gasteiger partial charge in [-0.3, -0.25) is 0 Å². The quantitative estimate of drug-likeness (QED) is 0.630. The minimum Gasteiger partial charge on any atom is -0.0709 e. The third-order valence-corrected chi connectivity index (χ3v) is 4.48. The molecule has 0 radical (unpaired) electrons. The van der Waals surface area contributed by atoms with Gasteiger partial charge in [-0.2, -0.15) is 0 Å². The topological polar surface area (TPSA) is 0 Å². The fourth-order valence-electron chi connectivity index (χ4n) is 3.58. The van der Waals surface area contributed by atoms with E-state index in [0.29, 0.717) is 0 Å². The molecule has 3 rings (SSSR count). The Balaban J connectivity index is 1.90. The molecule has 23 heavy (non-hydrogen) atoms. The van der Waals surface area contributed by atoms with E-state index in [0.717, 1.165) is 6.42 Å². The molecule has 2 aromatic rings. The van der Waals surface area contributed by atoms with E-state index in [2.05, 4.69) is 99.7 Å². The lowest BCUT2D eigenvalue weighted by molar-refractivity contribution is 0.536. The maximum Gasteiger partial charge on any atom is 0.00848 e. The second-order valence-electron chi connectivity index (χ2n) is 6.79. The Bertz CT molecular complexity index is 736. The molecule has 0 fully saturated rings. The molecule has 0 saturated carbocycles. The molecule has 0 aromatic heterocycles. The largest absolute Gasteiger partial charge is 0.0709 e. The molecule has 1 aliphatic rings. The molecule has 0 spiro atoms. The molecule has 0 aliphatic heterocycles. The summed E-state index contributed by atoms with van der Waals surface area (Å²) >= 11 is 0. The monoisotopic (exact) mass is 300 g/mol. The van der Waals surface area contributed by atoms with Crippen molar-refractivity contribution in [3.63, 3.8) is 0 Å². The first-order chi connectivity index (χ1) is 11.1. The zero-order valence-electron chi connectivity index (χ0n) is 14.2. The zero-order chi connectivity index (χ0) is 16.3. The van der Waals surface area contributed by atoms with E-state index in [9.17, 15) is 0 Å². The number of hydrogen-bond acceptors (Lipinski definition) is 0. The predicted molar refractivity (Wildman–Crippen MR) is 100 cm³/mol. The summed E-state index contributed by atoms with van der Waals surface area (Å²) in [5, 5.41) is 0. The van der Waals surface area contributed by atoms with Crippen molar-refractivity contribution in [3.05, 3.63) is 101 Å². The molecular formula is C23H24. The Kier molecular flexibility index (Phi) is 4.34. The highest BCUT2D eigenvalue weighted by atomic mass is 14.3. The van der Waals surface area contributed by atoms with Crippen LogP contribution in [0.15, 0.2) is 89.5 Å². The second kappa shape index (κ2) is 6.42. The number of allylic oxidation sites excluding steroid dienone is 5. The molecule has 0 heterocycles. The summed E-state index contributed by atoms with van der Waals surface area (Å²) in [5.74, 6) is 0. The number of rotatable bonds is 3.